The molecule has 178 valence electrons. The molecule has 1 heterocycles. The monoisotopic (exact) mass is 465 g/mol. The number of morpholine rings is 1. The lowest BCUT2D eigenvalue weighted by atomic mass is 10.1. The Morgan fingerprint density at radius 3 is 2.15 bits per heavy atom. The van der Waals surface area contributed by atoms with Crippen LogP contribution in [0.2, 0.25) is 0 Å². The van der Waals surface area contributed by atoms with Crippen molar-refractivity contribution < 1.29 is 24.3 Å². The fraction of sp³-hybridized carbons (Fsp3) is 0.292. The first-order chi connectivity index (χ1) is 16.5. The Hall–Kier alpha value is -3.75. The number of nitrogens with zero attached hydrogens (tertiary/aromatic N) is 1. The molecule has 2 aromatic carbocycles. The molecule has 1 fully saturated rings. The molecule has 0 saturated carbocycles. The summed E-state index contributed by atoms with van der Waals surface area (Å²) in [5, 5.41) is 14.0. The molecule has 2 aromatic rings. The number of carbonyl (C=O) groups is 3. The van der Waals surface area contributed by atoms with Crippen LogP contribution in [0, 0.1) is 11.8 Å². The molecule has 3 rings (SSSR count). The van der Waals surface area contributed by atoms with Crippen LogP contribution in [0.1, 0.15) is 21.5 Å². The van der Waals surface area contributed by atoms with E-state index in [9.17, 15) is 14.4 Å². The van der Waals surface area contributed by atoms with Crippen LogP contribution >= 0.6 is 0 Å². The molecule has 0 aliphatic carbocycles. The van der Waals surface area contributed by atoms with Gasteiger partial charge in [-0.2, -0.15) is 0 Å². The van der Waals surface area contributed by atoms with Crippen molar-refractivity contribution >= 4 is 23.4 Å². The molecule has 0 unspecified atom stereocenters. The second-order valence-corrected chi connectivity index (χ2v) is 7.58. The fourth-order valence-corrected chi connectivity index (χ4v) is 3.20. The Labute approximate surface area is 197 Å². The zero-order chi connectivity index (χ0) is 24.3. The van der Waals surface area contributed by atoms with Gasteiger partial charge in [0.15, 0.2) is 0 Å². The third kappa shape index (κ3) is 7.40. The summed E-state index contributed by atoms with van der Waals surface area (Å²) in [6.45, 7) is 2.98. The van der Waals surface area contributed by atoms with E-state index in [0.29, 0.717) is 36.6 Å². The number of nitrogens with two attached hydrogens (primary N) is 1. The topological polar surface area (TPSA) is 146 Å². The van der Waals surface area contributed by atoms with Gasteiger partial charge in [-0.25, -0.2) is 5.48 Å². The molecule has 1 saturated heterocycles. The highest BCUT2D eigenvalue weighted by molar-refractivity contribution is 5.97. The van der Waals surface area contributed by atoms with Crippen molar-refractivity contribution in [2.24, 2.45) is 5.73 Å². The van der Waals surface area contributed by atoms with Crippen LogP contribution in [-0.2, 0) is 14.3 Å². The van der Waals surface area contributed by atoms with Gasteiger partial charge < -0.3 is 21.1 Å². The summed E-state index contributed by atoms with van der Waals surface area (Å²) >= 11 is 0. The molecule has 34 heavy (non-hydrogen) atoms. The standard InChI is InChI=1S/C24H27N5O5/c25-15-21(24(32)28-33)27-23(31)19-7-3-17(4-8-19)1-2-18-5-9-20(10-6-18)26-22(30)16-29-11-13-34-14-12-29/h3-10,21,33H,11-16,25H2,(H,26,30)(H,27,31)(H,28,32)/t21-/m0/s1. The van der Waals surface area contributed by atoms with Gasteiger partial charge in [-0.1, -0.05) is 11.8 Å². The number of hydroxylamine groups is 1. The number of carbonyl (C=O) groups excluding carboxylic acids is 3. The van der Waals surface area contributed by atoms with E-state index in [1.165, 1.54) is 5.48 Å². The van der Waals surface area contributed by atoms with Crippen LogP contribution < -0.4 is 21.8 Å². The summed E-state index contributed by atoms with van der Waals surface area (Å²) in [6.07, 6.45) is 0. The molecule has 1 atom stereocenters. The minimum atomic E-state index is -1.04. The third-order valence-electron chi connectivity index (χ3n) is 5.11. The van der Waals surface area contributed by atoms with Gasteiger partial charge in [0, 0.05) is 42.0 Å². The molecule has 0 bridgehead atoms. The highest BCUT2D eigenvalue weighted by atomic mass is 16.5. The van der Waals surface area contributed by atoms with Crippen molar-refractivity contribution in [1.82, 2.24) is 15.7 Å². The quantitative estimate of drug-likeness (QED) is 0.218. The first-order valence-corrected chi connectivity index (χ1v) is 10.8. The van der Waals surface area contributed by atoms with E-state index >= 15 is 0 Å². The minimum Gasteiger partial charge on any atom is -0.379 e. The van der Waals surface area contributed by atoms with Crippen molar-refractivity contribution in [1.29, 1.82) is 0 Å². The highest BCUT2D eigenvalue weighted by Gasteiger charge is 2.19. The summed E-state index contributed by atoms with van der Waals surface area (Å²) in [4.78, 5) is 37.9. The Balaban J connectivity index is 1.53. The van der Waals surface area contributed by atoms with Crippen molar-refractivity contribution in [3.05, 3.63) is 65.2 Å². The maximum absolute atomic E-state index is 12.2. The smallest absolute Gasteiger partial charge is 0.267 e. The van der Waals surface area contributed by atoms with E-state index in [2.05, 4.69) is 27.4 Å². The highest BCUT2D eigenvalue weighted by Crippen LogP contribution is 2.10. The van der Waals surface area contributed by atoms with E-state index in [4.69, 9.17) is 15.7 Å². The van der Waals surface area contributed by atoms with E-state index in [-0.39, 0.29) is 12.5 Å². The molecule has 0 aromatic heterocycles. The number of ether oxygens (including phenoxy) is 1. The van der Waals surface area contributed by atoms with Gasteiger partial charge in [0.25, 0.3) is 11.8 Å². The van der Waals surface area contributed by atoms with Crippen molar-refractivity contribution in [3.63, 3.8) is 0 Å². The normalized spacial score (nSPS) is 14.3. The van der Waals surface area contributed by atoms with Crippen LogP contribution in [0.25, 0.3) is 0 Å². The van der Waals surface area contributed by atoms with Gasteiger partial charge >= 0.3 is 0 Å². The lowest BCUT2D eigenvalue weighted by Crippen LogP contribution is -2.50. The summed E-state index contributed by atoms with van der Waals surface area (Å²) in [5.74, 6) is 4.70. The van der Waals surface area contributed by atoms with E-state index < -0.39 is 17.9 Å². The number of hydrogen-bond acceptors (Lipinski definition) is 7. The van der Waals surface area contributed by atoms with Gasteiger partial charge in [-0.3, -0.25) is 24.5 Å². The van der Waals surface area contributed by atoms with Crippen molar-refractivity contribution in [3.8, 4) is 11.8 Å². The Bertz CT molecular complexity index is 1050. The molecular weight excluding hydrogens is 438 g/mol. The van der Waals surface area contributed by atoms with Gasteiger partial charge in [-0.05, 0) is 48.5 Å². The molecule has 0 spiro atoms. The van der Waals surface area contributed by atoms with Crippen LogP contribution in [0.15, 0.2) is 48.5 Å². The fourth-order valence-electron chi connectivity index (χ4n) is 3.20. The van der Waals surface area contributed by atoms with Gasteiger partial charge in [0.05, 0.1) is 19.8 Å². The largest absolute Gasteiger partial charge is 0.379 e. The number of amides is 3. The first kappa shape index (κ1) is 24.9. The summed E-state index contributed by atoms with van der Waals surface area (Å²) in [7, 11) is 0. The van der Waals surface area contributed by atoms with Crippen LogP contribution in [0.4, 0.5) is 5.69 Å². The molecular formula is C24H27N5O5. The molecule has 10 nitrogen and oxygen atoms in total. The van der Waals surface area contributed by atoms with E-state index in [0.717, 1.165) is 18.7 Å². The number of benzene rings is 2. The van der Waals surface area contributed by atoms with Gasteiger partial charge in [-0.15, -0.1) is 0 Å². The van der Waals surface area contributed by atoms with Crippen LogP contribution in [0.5, 0.6) is 0 Å². The molecule has 1 aliphatic rings. The van der Waals surface area contributed by atoms with Gasteiger partial charge in [0.2, 0.25) is 5.91 Å². The molecule has 3 amide bonds. The zero-order valence-electron chi connectivity index (χ0n) is 18.5. The zero-order valence-corrected chi connectivity index (χ0v) is 18.5. The van der Waals surface area contributed by atoms with Crippen LogP contribution in [0.3, 0.4) is 0 Å². The van der Waals surface area contributed by atoms with E-state index in [1.54, 1.807) is 36.4 Å². The van der Waals surface area contributed by atoms with Gasteiger partial charge in [0.1, 0.15) is 6.04 Å². The average Bonchev–Trinajstić information content (AvgIpc) is 2.87. The summed E-state index contributed by atoms with van der Waals surface area (Å²) in [6, 6.07) is 12.7. The Kier molecular flexibility index (Phi) is 9.13. The maximum atomic E-state index is 12.2. The number of anilines is 1. The average molecular weight is 466 g/mol. The SMILES string of the molecule is NC[C@H](NC(=O)c1ccc(C#Cc2ccc(NC(=O)CN3CCOCC3)cc2)cc1)C(=O)NO. The predicted molar refractivity (Wildman–Crippen MR) is 125 cm³/mol. The summed E-state index contributed by atoms with van der Waals surface area (Å²) < 4.78 is 5.28. The number of rotatable bonds is 7. The number of hydrogen-bond donors (Lipinski definition) is 5. The molecule has 6 N–H and O–H groups in total. The van der Waals surface area contributed by atoms with Crippen LogP contribution in [-0.4, -0.2) is 73.3 Å². The van der Waals surface area contributed by atoms with E-state index in [1.807, 2.05) is 12.1 Å². The lowest BCUT2D eigenvalue weighted by molar-refractivity contribution is -0.130. The molecule has 10 heteroatoms. The molecule has 1 aliphatic heterocycles. The lowest BCUT2D eigenvalue weighted by Gasteiger charge is -2.25. The molecule has 0 radical (unpaired) electrons. The van der Waals surface area contributed by atoms with Crippen molar-refractivity contribution in [2.45, 2.75) is 6.04 Å². The first-order valence-electron chi connectivity index (χ1n) is 10.8. The third-order valence-corrected chi connectivity index (χ3v) is 5.11. The Morgan fingerprint density at radius 2 is 1.59 bits per heavy atom. The number of nitrogens with one attached hydrogen (secondary N) is 3. The second kappa shape index (κ2) is 12.5. The summed E-state index contributed by atoms with van der Waals surface area (Å²) in [5.41, 5.74) is 9.39. The predicted octanol–water partition coefficient (Wildman–Crippen LogP) is -0.0804. The maximum Gasteiger partial charge on any atom is 0.267 e. The van der Waals surface area contributed by atoms with Crippen molar-refractivity contribution in [2.75, 3.05) is 44.7 Å². The minimum absolute atomic E-state index is 0.0698. The second-order valence-electron chi connectivity index (χ2n) is 7.58. The Morgan fingerprint density at radius 1 is 1.00 bits per heavy atom.